The molecule has 32 heavy (non-hydrogen) atoms. The van der Waals surface area contributed by atoms with E-state index in [1.165, 1.54) is 21.9 Å². The van der Waals surface area contributed by atoms with E-state index < -0.39 is 17.0 Å². The molecule has 160 valence electrons. The molecule has 0 saturated carbocycles. The minimum atomic E-state index is -0.556. The van der Waals surface area contributed by atoms with Crippen molar-refractivity contribution in [3.8, 4) is 11.1 Å². The second-order valence-electron chi connectivity index (χ2n) is 6.37. The van der Waals surface area contributed by atoms with E-state index in [-0.39, 0.29) is 6.15 Å². The van der Waals surface area contributed by atoms with Gasteiger partial charge in [0.25, 0.3) is 0 Å². The van der Waals surface area contributed by atoms with E-state index in [1.807, 2.05) is 66.7 Å². The zero-order valence-electron chi connectivity index (χ0n) is 17.7. The van der Waals surface area contributed by atoms with Crippen LogP contribution >= 0.6 is 18.6 Å². The molecule has 0 fully saturated rings. The predicted octanol–water partition coefficient (Wildman–Crippen LogP) is 9.67. The molecule has 0 bridgehead atoms. The second kappa shape index (κ2) is 17.2. The van der Waals surface area contributed by atoms with Crippen LogP contribution in [-0.4, -0.2) is 0 Å². The quantitative estimate of drug-likeness (QED) is 0.164. The molecule has 0 aliphatic carbocycles. The zero-order valence-corrected chi connectivity index (χ0v) is 20.7. The van der Waals surface area contributed by atoms with Gasteiger partial charge in [0.15, 0.2) is 0 Å². The van der Waals surface area contributed by atoms with Crippen molar-refractivity contribution in [2.45, 2.75) is 0 Å². The van der Waals surface area contributed by atoms with Gasteiger partial charge in [-0.05, 0) is 0 Å². The Morgan fingerprint density at radius 2 is 1.19 bits per heavy atom. The monoisotopic (exact) mass is 493 g/mol. The number of hydrogen-bond acceptors (Lipinski definition) is 0. The van der Waals surface area contributed by atoms with E-state index in [9.17, 15) is 0 Å². The average Bonchev–Trinajstić information content (AvgIpc) is 3.27. The normalized spacial score (nSPS) is 9.06. The first kappa shape index (κ1) is 27.6. The number of hydrogen-bond donors (Lipinski definition) is 0. The van der Waals surface area contributed by atoms with Crippen molar-refractivity contribution in [3.05, 3.63) is 152 Å². The summed E-state index contributed by atoms with van der Waals surface area (Å²) in [6.45, 7) is 3.72. The number of fused-ring (bicyclic) bond motifs is 1. The first-order chi connectivity index (χ1) is 15.2. The largest absolute Gasteiger partial charge is 0.693 e. The Labute approximate surface area is 208 Å². The fraction of sp³-hybridized carbons (Fsp3) is 0. The minimum Gasteiger partial charge on any atom is -0.693 e. The molecule has 1 nitrogen and oxygen atoms in total. The van der Waals surface area contributed by atoms with Crippen LogP contribution in [-0.2, 0) is 17.0 Å². The molecule has 2 N–H and O–H groups in total. The minimum absolute atomic E-state index is 0. The van der Waals surface area contributed by atoms with Gasteiger partial charge in [0.2, 0.25) is 0 Å². The summed E-state index contributed by atoms with van der Waals surface area (Å²) in [5.74, 6) is 0. The van der Waals surface area contributed by atoms with Gasteiger partial charge in [-0.2, -0.15) is 61.0 Å². The van der Waals surface area contributed by atoms with Gasteiger partial charge in [-0.25, -0.2) is 0 Å². The van der Waals surface area contributed by atoms with Crippen molar-refractivity contribution < 1.29 is 17.0 Å². The van der Waals surface area contributed by atoms with Gasteiger partial charge in [-0.15, -0.1) is 46.7 Å². The summed E-state index contributed by atoms with van der Waals surface area (Å²) in [6.07, 6.45) is 0. The average molecular weight is 494 g/mol. The van der Waals surface area contributed by atoms with Crippen molar-refractivity contribution in [2.75, 3.05) is 0 Å². The van der Waals surface area contributed by atoms with Gasteiger partial charge in [-0.1, -0.05) is 60.2 Å². The van der Waals surface area contributed by atoms with Gasteiger partial charge in [0.05, 0.1) is 0 Å². The van der Waals surface area contributed by atoms with Crippen molar-refractivity contribution in [2.24, 2.45) is 0 Å². The van der Waals surface area contributed by atoms with Crippen LogP contribution in [0, 0.1) is 13.0 Å². The van der Waals surface area contributed by atoms with E-state index >= 15 is 0 Å². The summed E-state index contributed by atoms with van der Waals surface area (Å²) < 4.78 is 0. The predicted molar refractivity (Wildman–Crippen MR) is 138 cm³/mol. The van der Waals surface area contributed by atoms with Crippen molar-refractivity contribution in [1.82, 2.24) is 0 Å². The molecule has 5 rings (SSSR count). The molecule has 4 heteroatoms. The molecule has 5 aromatic carbocycles. The Hall–Kier alpha value is -2.39. The van der Waals surface area contributed by atoms with E-state index in [0.717, 1.165) is 5.56 Å². The van der Waals surface area contributed by atoms with E-state index in [1.54, 1.807) is 0 Å². The molecule has 0 aliphatic heterocycles. The summed E-state index contributed by atoms with van der Waals surface area (Å²) >= 11 is -0.556. The molecular weight excluding hydrogens is 469 g/mol. The molecule has 0 amide bonds. The van der Waals surface area contributed by atoms with Gasteiger partial charge in [0.1, 0.15) is 0 Å². The molecule has 0 aromatic heterocycles. The van der Waals surface area contributed by atoms with E-state index in [4.69, 9.17) is 18.6 Å². The van der Waals surface area contributed by atoms with Crippen LogP contribution in [0.5, 0.6) is 0 Å². The van der Waals surface area contributed by atoms with Gasteiger partial charge in [-0.3, -0.25) is 0 Å². The molecule has 0 spiro atoms. The summed E-state index contributed by atoms with van der Waals surface area (Å²) in [7, 11) is 9.78. The maximum Gasteiger partial charge on any atom is -0.0635 e. The Kier molecular flexibility index (Phi) is 14.9. The van der Waals surface area contributed by atoms with Crippen LogP contribution < -0.4 is 0 Å². The first-order valence-electron chi connectivity index (χ1n) is 9.70. The molecule has 0 atom stereocenters. The number of nitrogens with two attached hydrogens (primary N) is 1. The summed E-state index contributed by atoms with van der Waals surface area (Å²) in [6, 6.07) is 45.8. The smallest absolute Gasteiger partial charge is 0.0635 e. The summed E-state index contributed by atoms with van der Waals surface area (Å²) in [5, 5.41) is 2.63. The second-order valence-corrected chi connectivity index (χ2v) is 8.95. The topological polar surface area (TPSA) is 33.5 Å². The Morgan fingerprint density at radius 1 is 0.688 bits per heavy atom. The van der Waals surface area contributed by atoms with Crippen LogP contribution in [0.4, 0.5) is 0 Å². The fourth-order valence-corrected chi connectivity index (χ4v) is 2.77. The van der Waals surface area contributed by atoms with Gasteiger partial charge >= 0.3 is 35.6 Å². The van der Waals surface area contributed by atoms with Crippen LogP contribution in [0.2, 0.25) is 0 Å². The first-order valence-corrected chi connectivity index (χ1v) is 14.0. The van der Waals surface area contributed by atoms with Crippen LogP contribution in [0.15, 0.2) is 127 Å². The third-order valence-corrected chi connectivity index (χ3v) is 4.18. The van der Waals surface area contributed by atoms with Crippen LogP contribution in [0.1, 0.15) is 5.56 Å². The van der Waals surface area contributed by atoms with E-state index in [2.05, 4.69) is 73.7 Å². The summed E-state index contributed by atoms with van der Waals surface area (Å²) in [4.78, 5) is 0. The van der Waals surface area contributed by atoms with Crippen molar-refractivity contribution in [1.29, 1.82) is 0 Å². The molecule has 0 saturated heterocycles. The van der Waals surface area contributed by atoms with Crippen LogP contribution in [0.25, 0.3) is 28.0 Å². The number of halogens is 2. The zero-order chi connectivity index (χ0) is 22.2. The Bertz CT molecular complexity index is 1020. The Morgan fingerprint density at radius 3 is 1.62 bits per heavy atom. The molecule has 0 aliphatic rings. The number of rotatable bonds is 1. The molecule has 0 unspecified atom stereocenters. The van der Waals surface area contributed by atoms with Crippen LogP contribution in [0.3, 0.4) is 0 Å². The maximum absolute atomic E-state index is 4.89. The van der Waals surface area contributed by atoms with Crippen molar-refractivity contribution in [3.63, 3.8) is 0 Å². The maximum atomic E-state index is 4.89. The van der Waals surface area contributed by atoms with Gasteiger partial charge < -0.3 is 6.15 Å². The SMILES string of the molecule is [CH2-]c1ccccc1.[Cl][Ti+4][Cl].[NH2-].[c-]1ccccc1.c1ccc(-c2cc3ccccc3[cH-]2)cc1. The molecule has 0 heterocycles. The number of benzene rings is 4. The molecule has 5 aromatic rings. The summed E-state index contributed by atoms with van der Waals surface area (Å²) in [5.41, 5.74) is 3.66. The molecular formula is C28H25Cl2NTi. The third kappa shape index (κ3) is 10.8. The fourth-order valence-electron chi connectivity index (χ4n) is 2.77. The van der Waals surface area contributed by atoms with Crippen molar-refractivity contribution >= 4 is 29.4 Å². The standard InChI is InChI=1S/C15H11.C7H7.C6H5.2ClH.H2N.Ti/c1-2-6-12(7-3-1)15-10-13-8-4-5-9-14(13)11-15;1-7-5-3-2-4-6-7;1-2-4-6-5-3-1;;;;/h1-11H;2-6H,1H2;1-5H;2*1H;1H2;/q3*-1;;;-1;+6/p-2. The van der Waals surface area contributed by atoms with E-state index in [0.29, 0.717) is 0 Å². The Balaban J connectivity index is 0.000000253. The molecule has 0 radical (unpaired) electrons. The third-order valence-electron chi connectivity index (χ3n) is 4.18. The van der Waals surface area contributed by atoms with Gasteiger partial charge in [0, 0.05) is 0 Å².